The number of rotatable bonds is 8. The lowest BCUT2D eigenvalue weighted by Crippen LogP contribution is -2.51. The van der Waals surface area contributed by atoms with Crippen molar-refractivity contribution in [3.8, 4) is 0 Å². The molecule has 0 saturated carbocycles. The minimum Gasteiger partial charge on any atom is -0.387 e. The number of imidazole rings is 1. The number of nitrogens with zero attached hydrogens (tertiary/aromatic N) is 2. The molecule has 7 atom stereocenters. The monoisotopic (exact) mass is 525 g/mol. The van der Waals surface area contributed by atoms with Crippen LogP contribution in [0.2, 0.25) is 0 Å². The fraction of sp³-hybridized carbons (Fsp3) is 0.600. The van der Waals surface area contributed by atoms with E-state index >= 15 is 0 Å². The number of amides is 1. The molecule has 0 bridgehead atoms. The van der Waals surface area contributed by atoms with Gasteiger partial charge in [-0.2, -0.15) is 8.62 Å². The molecule has 182 valence electrons. The summed E-state index contributed by atoms with van der Waals surface area (Å²) in [5.74, 6) is -0.576. The molecule has 0 spiro atoms. The van der Waals surface area contributed by atoms with E-state index in [0.717, 1.165) is 10.9 Å². The number of aliphatic hydroxyl groups is 2. The first-order valence-corrected chi connectivity index (χ1v) is 12.8. The lowest BCUT2D eigenvalue weighted by atomic mass is 10.1. The van der Waals surface area contributed by atoms with Crippen molar-refractivity contribution in [3.63, 3.8) is 0 Å². The third kappa shape index (κ3) is 5.80. The molecule has 3 unspecified atom stereocenters. The Morgan fingerprint density at radius 3 is 2.38 bits per heavy atom. The molecule has 3 heterocycles. The summed E-state index contributed by atoms with van der Waals surface area (Å²) in [4.78, 5) is 51.3. The maximum atomic E-state index is 11.9. The van der Waals surface area contributed by atoms with E-state index < -0.39 is 66.8 Å². The number of aromatic nitrogens is 2. The van der Waals surface area contributed by atoms with Gasteiger partial charge in [0.05, 0.1) is 12.9 Å². The second-order valence-electron chi connectivity index (χ2n) is 6.38. The normalized spacial score (nSPS) is 31.8. The van der Waals surface area contributed by atoms with E-state index in [0.29, 0.717) is 0 Å². The predicted molar refractivity (Wildman–Crippen MR) is 97.0 cm³/mol. The largest absolute Gasteiger partial charge is 0.490 e. The zero-order valence-corrected chi connectivity index (χ0v) is 18.1. The quantitative estimate of drug-likeness (QED) is 0.155. The first kappa shape index (κ1) is 25.4. The van der Waals surface area contributed by atoms with Gasteiger partial charge < -0.3 is 45.2 Å². The zero-order chi connectivity index (χ0) is 24.1. The highest BCUT2D eigenvalue weighted by Gasteiger charge is 2.47. The Morgan fingerprint density at radius 1 is 1.09 bits per heavy atom. The van der Waals surface area contributed by atoms with E-state index in [1.54, 1.807) is 0 Å². The molecule has 1 saturated heterocycles. The smallest absolute Gasteiger partial charge is 0.387 e. The van der Waals surface area contributed by atoms with Gasteiger partial charge in [0.2, 0.25) is 0 Å². The lowest BCUT2D eigenvalue weighted by molar-refractivity contribution is -0.0511. The number of carbonyl (C=O) groups excluding carboxylic acids is 1. The molecule has 1 amide bonds. The van der Waals surface area contributed by atoms with Crippen LogP contribution in [0.15, 0.2) is 6.33 Å². The Hall–Kier alpha value is -1.27. The van der Waals surface area contributed by atoms with E-state index in [1.807, 2.05) is 0 Å². The summed E-state index contributed by atoms with van der Waals surface area (Å²) in [6, 6.07) is 0. The SMILES string of the molecule is NC1NC(=O)c2ncn([C@@H]3O[C@H](COP(=O)(O)OP(=O)(O)OP(=O)(O)O)[C@@H](O)[C@H]3O)c2N1. The number of anilines is 1. The van der Waals surface area contributed by atoms with E-state index in [-0.39, 0.29) is 11.5 Å². The number of hydrogen-bond donors (Lipinski definition) is 9. The molecule has 2 aliphatic rings. The van der Waals surface area contributed by atoms with Crippen LogP contribution < -0.4 is 16.4 Å². The van der Waals surface area contributed by atoms with E-state index in [4.69, 9.17) is 25.2 Å². The number of nitrogens with one attached hydrogen (secondary N) is 2. The Balaban J connectivity index is 1.68. The number of aliphatic hydroxyl groups excluding tert-OH is 2. The highest BCUT2D eigenvalue weighted by atomic mass is 31.3. The number of nitrogens with two attached hydrogens (primary N) is 1. The fourth-order valence-electron chi connectivity index (χ4n) is 2.82. The van der Waals surface area contributed by atoms with Crippen LogP contribution in [0.4, 0.5) is 5.82 Å². The molecule has 2 aliphatic heterocycles. The number of phosphoric ester groups is 1. The minimum absolute atomic E-state index is 0.0473. The van der Waals surface area contributed by atoms with Crippen LogP contribution >= 0.6 is 23.5 Å². The Bertz CT molecular complexity index is 1030. The summed E-state index contributed by atoms with van der Waals surface area (Å²) in [5, 5.41) is 25.5. The van der Waals surface area contributed by atoms with Crippen molar-refractivity contribution in [2.24, 2.45) is 5.73 Å². The van der Waals surface area contributed by atoms with Crippen LogP contribution in [0.25, 0.3) is 0 Å². The molecule has 1 aromatic heterocycles. The summed E-state index contributed by atoms with van der Waals surface area (Å²) in [7, 11) is -16.8. The van der Waals surface area contributed by atoms with Crippen molar-refractivity contribution >= 4 is 35.2 Å². The van der Waals surface area contributed by atoms with Crippen molar-refractivity contribution in [3.05, 3.63) is 12.0 Å². The van der Waals surface area contributed by atoms with Gasteiger partial charge in [-0.3, -0.25) is 19.6 Å². The topological polar surface area (TPSA) is 294 Å². The number of ether oxygens (including phenoxy) is 1. The van der Waals surface area contributed by atoms with Crippen LogP contribution in [0, 0.1) is 0 Å². The molecule has 0 aromatic carbocycles. The summed E-state index contributed by atoms with van der Waals surface area (Å²) in [6.07, 6.45) is -6.16. The van der Waals surface area contributed by atoms with E-state index in [9.17, 15) is 33.6 Å². The van der Waals surface area contributed by atoms with Gasteiger partial charge in [-0.1, -0.05) is 0 Å². The van der Waals surface area contributed by atoms with Gasteiger partial charge in [0.1, 0.15) is 24.1 Å². The van der Waals surface area contributed by atoms with Crippen molar-refractivity contribution in [2.75, 3.05) is 11.9 Å². The fourth-order valence-corrected chi connectivity index (χ4v) is 5.85. The first-order valence-electron chi connectivity index (χ1n) is 8.28. The number of fused-ring (bicyclic) bond motifs is 1. The van der Waals surface area contributed by atoms with Crippen molar-refractivity contribution in [2.45, 2.75) is 30.8 Å². The number of phosphoric acid groups is 3. The van der Waals surface area contributed by atoms with Gasteiger partial charge in [-0.25, -0.2) is 18.7 Å². The molecule has 0 aliphatic carbocycles. The summed E-state index contributed by atoms with van der Waals surface area (Å²) >= 11 is 0. The van der Waals surface area contributed by atoms with Crippen LogP contribution in [-0.4, -0.2) is 76.5 Å². The van der Waals surface area contributed by atoms with Gasteiger partial charge in [0, 0.05) is 0 Å². The van der Waals surface area contributed by atoms with Crippen molar-refractivity contribution in [1.82, 2.24) is 14.9 Å². The molecule has 32 heavy (non-hydrogen) atoms. The zero-order valence-electron chi connectivity index (χ0n) is 15.4. The van der Waals surface area contributed by atoms with Crippen LogP contribution in [0.5, 0.6) is 0 Å². The van der Waals surface area contributed by atoms with Crippen LogP contribution in [-0.2, 0) is 31.6 Å². The molecule has 3 rings (SSSR count). The highest BCUT2D eigenvalue weighted by Crippen LogP contribution is 2.66. The second kappa shape index (κ2) is 8.83. The van der Waals surface area contributed by atoms with Crippen LogP contribution in [0.3, 0.4) is 0 Å². The Kier molecular flexibility index (Phi) is 6.99. The van der Waals surface area contributed by atoms with E-state index in [2.05, 4.69) is 28.8 Å². The lowest BCUT2D eigenvalue weighted by Gasteiger charge is -2.25. The standard InChI is InChI=1S/C10H18N5O14P3/c11-10-13-7-4(8(18)14-10)12-2-15(7)9-6(17)5(16)3(27-9)1-26-31(22,23)29-32(24,25)28-30(19,20)21/h2-3,5-6,9-10,13,16-17H,1,11H2,(H,14,18)(H,22,23)(H,24,25)(H2,19,20,21)/t3-,5-,6-,9-,10?/m1/s1. The summed E-state index contributed by atoms with van der Waals surface area (Å²) in [6.45, 7) is -0.997. The van der Waals surface area contributed by atoms with Gasteiger partial charge in [-0.05, 0) is 0 Å². The first-order chi connectivity index (χ1) is 14.6. The van der Waals surface area contributed by atoms with Crippen LogP contribution in [0.1, 0.15) is 16.7 Å². The van der Waals surface area contributed by atoms with Gasteiger partial charge in [0.25, 0.3) is 5.91 Å². The van der Waals surface area contributed by atoms with Gasteiger partial charge in [-0.15, -0.1) is 0 Å². The van der Waals surface area contributed by atoms with E-state index in [1.165, 1.54) is 0 Å². The molecule has 1 fully saturated rings. The third-order valence-electron chi connectivity index (χ3n) is 4.02. The van der Waals surface area contributed by atoms with Crippen molar-refractivity contribution in [1.29, 1.82) is 0 Å². The molecule has 22 heteroatoms. The summed E-state index contributed by atoms with van der Waals surface area (Å²) < 4.78 is 51.8. The molecule has 10 N–H and O–H groups in total. The molecular weight excluding hydrogens is 507 g/mol. The average molecular weight is 525 g/mol. The molecule has 1 aromatic rings. The predicted octanol–water partition coefficient (Wildman–Crippen LogP) is -2.76. The Morgan fingerprint density at radius 2 is 1.75 bits per heavy atom. The second-order valence-corrected chi connectivity index (χ2v) is 10.8. The highest BCUT2D eigenvalue weighted by molar-refractivity contribution is 7.66. The van der Waals surface area contributed by atoms with Gasteiger partial charge >= 0.3 is 23.5 Å². The molecular formula is C10H18N5O14P3. The molecule has 19 nitrogen and oxygen atoms in total. The average Bonchev–Trinajstić information content (AvgIpc) is 3.12. The molecule has 0 radical (unpaired) electrons. The van der Waals surface area contributed by atoms with Gasteiger partial charge in [0.15, 0.2) is 18.2 Å². The summed E-state index contributed by atoms with van der Waals surface area (Å²) in [5.41, 5.74) is 5.52. The maximum absolute atomic E-state index is 11.9. The minimum atomic E-state index is -5.73. The Labute approximate surface area is 177 Å². The third-order valence-corrected chi connectivity index (χ3v) is 7.82. The van der Waals surface area contributed by atoms with Crippen molar-refractivity contribution < 1.29 is 66.2 Å². The number of hydrogen-bond acceptors (Lipinski definition) is 13. The maximum Gasteiger partial charge on any atom is 0.490 e. The number of carbonyl (C=O) groups is 1.